The minimum atomic E-state index is 1.11. The van der Waals surface area contributed by atoms with Gasteiger partial charge in [0.15, 0.2) is 0 Å². The Morgan fingerprint density at radius 1 is 1.15 bits per heavy atom. The Balaban J connectivity index is 2.28. The number of fused-ring (bicyclic) bond motifs is 1. The Morgan fingerprint density at radius 2 is 1.77 bits per heavy atom. The van der Waals surface area contributed by atoms with Crippen LogP contribution in [0.4, 0.5) is 0 Å². The second-order valence-electron chi connectivity index (χ2n) is 3.12. The van der Waals surface area contributed by atoms with E-state index >= 15 is 0 Å². The zero-order valence-corrected chi connectivity index (χ0v) is 8.55. The third kappa shape index (κ3) is 1.89. The molecule has 0 aliphatic carbocycles. The lowest BCUT2D eigenvalue weighted by molar-refractivity contribution is 0.783. The van der Waals surface area contributed by atoms with E-state index in [-0.39, 0.29) is 0 Å². The molecular formula is C11H13NS. The molecule has 0 fully saturated rings. The highest BCUT2D eigenvalue weighted by molar-refractivity contribution is 7.98. The van der Waals surface area contributed by atoms with Gasteiger partial charge in [0.05, 0.1) is 0 Å². The Morgan fingerprint density at radius 3 is 2.31 bits per heavy atom. The molecule has 1 aromatic heterocycles. The molecule has 1 aromatic carbocycles. The molecule has 0 amide bonds. The highest BCUT2D eigenvalue weighted by atomic mass is 32.2. The van der Waals surface area contributed by atoms with Gasteiger partial charge in [0.2, 0.25) is 0 Å². The summed E-state index contributed by atoms with van der Waals surface area (Å²) >= 11 is 1.89. The third-order valence-corrected chi connectivity index (χ3v) is 2.75. The van der Waals surface area contributed by atoms with Crippen LogP contribution in [0.5, 0.6) is 0 Å². The highest BCUT2D eigenvalue weighted by Crippen LogP contribution is 2.14. The maximum Gasteiger partial charge on any atom is 0.0310 e. The van der Waals surface area contributed by atoms with Crippen LogP contribution in [0.15, 0.2) is 36.7 Å². The molecule has 0 aliphatic rings. The minimum Gasteiger partial charge on any atom is -0.352 e. The molecule has 0 aliphatic heterocycles. The van der Waals surface area contributed by atoms with Crippen molar-refractivity contribution < 1.29 is 0 Å². The molecular weight excluding hydrogens is 178 g/mol. The van der Waals surface area contributed by atoms with E-state index in [2.05, 4.69) is 47.5 Å². The first-order valence-electron chi connectivity index (χ1n) is 4.43. The summed E-state index contributed by atoms with van der Waals surface area (Å²) in [6, 6.07) is 8.48. The summed E-state index contributed by atoms with van der Waals surface area (Å²) in [6.45, 7) is 1.11. The Labute approximate surface area is 82.8 Å². The van der Waals surface area contributed by atoms with Crippen molar-refractivity contribution in [1.82, 2.24) is 4.57 Å². The van der Waals surface area contributed by atoms with Gasteiger partial charge in [0, 0.05) is 24.7 Å². The van der Waals surface area contributed by atoms with Gasteiger partial charge >= 0.3 is 0 Å². The lowest BCUT2D eigenvalue weighted by atomic mass is 10.2. The summed E-state index contributed by atoms with van der Waals surface area (Å²) in [5.74, 6) is 1.18. The Bertz CT molecular complexity index is 359. The Hall–Kier alpha value is -0.890. The number of aromatic nitrogens is 1. The number of nitrogens with zero attached hydrogens (tertiary/aromatic N) is 1. The molecule has 0 atom stereocenters. The van der Waals surface area contributed by atoms with Crippen LogP contribution in [0.2, 0.25) is 0 Å². The monoisotopic (exact) mass is 191 g/mol. The molecule has 2 rings (SSSR count). The average Bonchev–Trinajstić information content (AvgIpc) is 2.57. The van der Waals surface area contributed by atoms with E-state index < -0.39 is 0 Å². The van der Waals surface area contributed by atoms with Crippen molar-refractivity contribution in [1.29, 1.82) is 0 Å². The smallest absolute Gasteiger partial charge is 0.0310 e. The third-order valence-electron chi connectivity index (χ3n) is 2.16. The molecule has 0 saturated heterocycles. The first-order valence-corrected chi connectivity index (χ1v) is 5.83. The normalized spacial score (nSPS) is 10.8. The highest BCUT2D eigenvalue weighted by Gasteiger charge is 1.95. The Kier molecular flexibility index (Phi) is 2.60. The molecule has 2 heteroatoms. The molecule has 0 unspecified atom stereocenters. The van der Waals surface area contributed by atoms with E-state index in [0.717, 1.165) is 6.54 Å². The summed E-state index contributed by atoms with van der Waals surface area (Å²) in [4.78, 5) is 0. The maximum atomic E-state index is 2.27. The van der Waals surface area contributed by atoms with Gasteiger partial charge in [-0.15, -0.1) is 0 Å². The maximum absolute atomic E-state index is 2.27. The lowest BCUT2D eigenvalue weighted by Gasteiger charge is -1.97. The van der Waals surface area contributed by atoms with E-state index in [1.807, 2.05) is 11.8 Å². The number of rotatable bonds is 3. The van der Waals surface area contributed by atoms with E-state index in [0.29, 0.717) is 0 Å². The second-order valence-corrected chi connectivity index (χ2v) is 4.10. The molecule has 0 bridgehead atoms. The molecule has 1 nitrogen and oxygen atoms in total. The van der Waals surface area contributed by atoms with E-state index in [9.17, 15) is 0 Å². The first-order chi connectivity index (χ1) is 6.40. The minimum absolute atomic E-state index is 1.11. The van der Waals surface area contributed by atoms with E-state index in [1.54, 1.807) is 0 Å². The molecule has 68 valence electrons. The van der Waals surface area contributed by atoms with Crippen molar-refractivity contribution in [2.75, 3.05) is 12.0 Å². The van der Waals surface area contributed by atoms with Gasteiger partial charge < -0.3 is 4.57 Å². The number of hydrogen-bond acceptors (Lipinski definition) is 1. The van der Waals surface area contributed by atoms with Crippen molar-refractivity contribution in [3.05, 3.63) is 36.7 Å². The van der Waals surface area contributed by atoms with Crippen molar-refractivity contribution in [2.45, 2.75) is 6.54 Å². The zero-order chi connectivity index (χ0) is 9.10. The number of hydrogen-bond donors (Lipinski definition) is 0. The predicted octanol–water partition coefficient (Wildman–Crippen LogP) is 3.00. The SMILES string of the molecule is CSCCn1cc2ccccc2c1. The molecule has 0 N–H and O–H groups in total. The van der Waals surface area contributed by atoms with Crippen LogP contribution < -0.4 is 0 Å². The van der Waals surface area contributed by atoms with Gasteiger partial charge in [-0.2, -0.15) is 11.8 Å². The fourth-order valence-corrected chi connectivity index (χ4v) is 1.86. The van der Waals surface area contributed by atoms with Gasteiger partial charge in [-0.3, -0.25) is 0 Å². The summed E-state index contributed by atoms with van der Waals surface area (Å²) in [6.07, 6.45) is 6.57. The molecule has 1 heterocycles. The van der Waals surface area contributed by atoms with Crippen molar-refractivity contribution in [3.8, 4) is 0 Å². The average molecular weight is 191 g/mol. The van der Waals surface area contributed by atoms with Crippen molar-refractivity contribution in [2.24, 2.45) is 0 Å². The predicted molar refractivity (Wildman–Crippen MR) is 60.3 cm³/mol. The first kappa shape index (κ1) is 8.70. The lowest BCUT2D eigenvalue weighted by Crippen LogP contribution is -1.95. The van der Waals surface area contributed by atoms with Crippen molar-refractivity contribution >= 4 is 22.5 Å². The van der Waals surface area contributed by atoms with E-state index in [4.69, 9.17) is 0 Å². The van der Waals surface area contributed by atoms with Crippen molar-refractivity contribution in [3.63, 3.8) is 0 Å². The van der Waals surface area contributed by atoms with Gasteiger partial charge in [-0.25, -0.2) is 0 Å². The summed E-state index contributed by atoms with van der Waals surface area (Å²) in [7, 11) is 0. The molecule has 2 aromatic rings. The molecule has 13 heavy (non-hydrogen) atoms. The van der Waals surface area contributed by atoms with Gasteiger partial charge in [0.25, 0.3) is 0 Å². The molecule has 0 saturated carbocycles. The standard InChI is InChI=1S/C11H13NS/c1-13-7-6-12-8-10-4-2-3-5-11(10)9-12/h2-5,8-9H,6-7H2,1H3. The number of benzene rings is 1. The van der Waals surface area contributed by atoms with Crippen LogP contribution in [0.25, 0.3) is 10.8 Å². The van der Waals surface area contributed by atoms with Crippen LogP contribution >= 0.6 is 11.8 Å². The van der Waals surface area contributed by atoms with Gasteiger partial charge in [-0.1, -0.05) is 24.3 Å². The quantitative estimate of drug-likeness (QED) is 0.722. The van der Waals surface area contributed by atoms with Crippen LogP contribution in [0, 0.1) is 0 Å². The number of aryl methyl sites for hydroxylation is 1. The van der Waals surface area contributed by atoms with E-state index in [1.165, 1.54) is 16.5 Å². The summed E-state index contributed by atoms with van der Waals surface area (Å²) < 4.78 is 2.27. The van der Waals surface area contributed by atoms with Crippen LogP contribution in [-0.4, -0.2) is 16.6 Å². The summed E-state index contributed by atoms with van der Waals surface area (Å²) in [5.41, 5.74) is 0. The van der Waals surface area contributed by atoms with Gasteiger partial charge in [0.1, 0.15) is 0 Å². The fourth-order valence-electron chi connectivity index (χ4n) is 1.47. The van der Waals surface area contributed by atoms with Crippen LogP contribution in [0.1, 0.15) is 0 Å². The second kappa shape index (κ2) is 3.88. The van der Waals surface area contributed by atoms with Crippen LogP contribution in [-0.2, 0) is 6.54 Å². The zero-order valence-electron chi connectivity index (χ0n) is 7.73. The topological polar surface area (TPSA) is 4.93 Å². The fraction of sp³-hybridized carbons (Fsp3) is 0.273. The molecule has 0 spiro atoms. The molecule has 0 radical (unpaired) electrons. The van der Waals surface area contributed by atoms with Gasteiger partial charge in [-0.05, 0) is 17.0 Å². The number of thioether (sulfide) groups is 1. The largest absolute Gasteiger partial charge is 0.352 e. The van der Waals surface area contributed by atoms with Crippen LogP contribution in [0.3, 0.4) is 0 Å². The summed E-state index contributed by atoms with van der Waals surface area (Å²) in [5, 5.41) is 2.67.